The Kier molecular flexibility index (Phi) is 5.88. The summed E-state index contributed by atoms with van der Waals surface area (Å²) in [7, 11) is 0. The van der Waals surface area contributed by atoms with Crippen molar-refractivity contribution in [1.29, 1.82) is 0 Å². The van der Waals surface area contributed by atoms with Crippen LogP contribution in [-0.2, 0) is 9.47 Å². The van der Waals surface area contributed by atoms with Gasteiger partial charge in [-0.2, -0.15) is 0 Å². The van der Waals surface area contributed by atoms with E-state index in [0.717, 1.165) is 18.2 Å². The number of ether oxygens (including phenoxy) is 2. The summed E-state index contributed by atoms with van der Waals surface area (Å²) in [6, 6.07) is 9.30. The first-order valence-corrected chi connectivity index (χ1v) is 9.74. The quantitative estimate of drug-likeness (QED) is 0.687. The second kappa shape index (κ2) is 7.97. The third-order valence-electron chi connectivity index (χ3n) is 6.84. The van der Waals surface area contributed by atoms with Crippen LogP contribution < -0.4 is 10.6 Å². The predicted octanol–water partition coefficient (Wildman–Crippen LogP) is 4.06. The lowest BCUT2D eigenvalue weighted by Gasteiger charge is -2.38. The molecule has 2 aliphatic carbocycles. The molecule has 2 bridgehead atoms. The van der Waals surface area contributed by atoms with Crippen LogP contribution in [0.1, 0.15) is 40.0 Å². The van der Waals surface area contributed by atoms with Gasteiger partial charge in [0.05, 0.1) is 12.7 Å². The topological polar surface area (TPSA) is 59.6 Å². The van der Waals surface area contributed by atoms with E-state index in [9.17, 15) is 4.79 Å². The Morgan fingerprint density at radius 3 is 2.54 bits per heavy atom. The summed E-state index contributed by atoms with van der Waals surface area (Å²) in [6.45, 7) is 9.67. The number of carbonyl (C=O) groups is 1. The Morgan fingerprint density at radius 2 is 1.88 bits per heavy atom. The molecule has 1 amide bonds. The lowest BCUT2D eigenvalue weighted by atomic mass is 9.70. The van der Waals surface area contributed by atoms with E-state index < -0.39 is 6.09 Å². The Bertz CT molecular complexity index is 605. The van der Waals surface area contributed by atoms with Crippen LogP contribution in [0, 0.1) is 16.7 Å². The number of amides is 1. The van der Waals surface area contributed by atoms with Crippen molar-refractivity contribution in [2.75, 3.05) is 31.6 Å². The number of carbonyl (C=O) groups excluding carboxylic acids is 1. The Hall–Kier alpha value is -1.59. The maximum absolute atomic E-state index is 11.7. The van der Waals surface area contributed by atoms with Crippen molar-refractivity contribution in [2.45, 2.75) is 46.1 Å². The number of anilines is 1. The standard InChI is InChI=1S/C21H32N2O3/c1-20(2)16-9-10-21(20,3)18(15-16)25-13-11-22-12-14-26-19(24)23-17-7-5-4-6-8-17/h4-8,16,18,22H,9-15H2,1-3H3,(H,23,24)/t16-,18-,21+/m0/s1. The monoisotopic (exact) mass is 360 g/mol. The van der Waals surface area contributed by atoms with Gasteiger partial charge in [0.1, 0.15) is 6.61 Å². The van der Waals surface area contributed by atoms with E-state index in [1.807, 2.05) is 30.3 Å². The summed E-state index contributed by atoms with van der Waals surface area (Å²) in [5, 5.41) is 5.97. The molecule has 26 heavy (non-hydrogen) atoms. The van der Waals surface area contributed by atoms with Gasteiger partial charge in [0.2, 0.25) is 0 Å². The summed E-state index contributed by atoms with van der Waals surface area (Å²) >= 11 is 0. The van der Waals surface area contributed by atoms with Crippen molar-refractivity contribution in [3.63, 3.8) is 0 Å². The van der Waals surface area contributed by atoms with Crippen LogP contribution in [0.5, 0.6) is 0 Å². The minimum atomic E-state index is -0.425. The molecule has 2 aliphatic rings. The van der Waals surface area contributed by atoms with Crippen molar-refractivity contribution in [2.24, 2.45) is 16.7 Å². The molecule has 5 heteroatoms. The zero-order valence-electron chi connectivity index (χ0n) is 16.2. The van der Waals surface area contributed by atoms with E-state index in [0.29, 0.717) is 36.7 Å². The first-order chi connectivity index (χ1) is 12.4. The molecule has 5 nitrogen and oxygen atoms in total. The number of fused-ring (bicyclic) bond motifs is 2. The fourth-order valence-electron chi connectivity index (χ4n) is 4.67. The van der Waals surface area contributed by atoms with Gasteiger partial charge >= 0.3 is 6.09 Å². The van der Waals surface area contributed by atoms with E-state index in [2.05, 4.69) is 31.4 Å². The average Bonchev–Trinajstić information content (AvgIpc) is 2.95. The average molecular weight is 360 g/mol. The van der Waals surface area contributed by atoms with Gasteiger partial charge < -0.3 is 14.8 Å². The fraction of sp³-hybridized carbons (Fsp3) is 0.667. The molecule has 2 saturated carbocycles. The maximum atomic E-state index is 11.7. The number of nitrogens with one attached hydrogen (secondary N) is 2. The van der Waals surface area contributed by atoms with Gasteiger partial charge in [-0.05, 0) is 48.1 Å². The molecule has 3 rings (SSSR count). The normalized spacial score (nSPS) is 28.9. The van der Waals surface area contributed by atoms with Crippen molar-refractivity contribution in [3.8, 4) is 0 Å². The number of hydrogen-bond acceptors (Lipinski definition) is 4. The second-order valence-electron chi connectivity index (χ2n) is 8.35. The summed E-state index contributed by atoms with van der Waals surface area (Å²) in [6.07, 6.45) is 3.79. The third-order valence-corrected chi connectivity index (χ3v) is 6.84. The van der Waals surface area contributed by atoms with E-state index in [4.69, 9.17) is 9.47 Å². The van der Waals surface area contributed by atoms with Crippen LogP contribution in [0.2, 0.25) is 0 Å². The van der Waals surface area contributed by atoms with E-state index >= 15 is 0 Å². The van der Waals surface area contributed by atoms with Crippen molar-refractivity contribution in [3.05, 3.63) is 30.3 Å². The smallest absolute Gasteiger partial charge is 0.411 e. The van der Waals surface area contributed by atoms with Crippen molar-refractivity contribution in [1.82, 2.24) is 5.32 Å². The molecule has 0 radical (unpaired) electrons. The SMILES string of the molecule is CC1(C)[C@H]2CC[C@]1(C)[C@@H](OCCNCCOC(=O)Nc1ccccc1)C2. The zero-order chi connectivity index (χ0) is 18.6. The van der Waals surface area contributed by atoms with Crippen LogP contribution in [-0.4, -0.2) is 38.5 Å². The largest absolute Gasteiger partial charge is 0.448 e. The highest BCUT2D eigenvalue weighted by molar-refractivity contribution is 5.84. The number of hydrogen-bond donors (Lipinski definition) is 2. The van der Waals surface area contributed by atoms with Gasteiger partial charge in [-0.15, -0.1) is 0 Å². The molecule has 0 spiro atoms. The van der Waals surface area contributed by atoms with E-state index in [-0.39, 0.29) is 0 Å². The van der Waals surface area contributed by atoms with Gasteiger partial charge in [0, 0.05) is 18.8 Å². The number of para-hydroxylation sites is 1. The van der Waals surface area contributed by atoms with E-state index in [1.165, 1.54) is 19.3 Å². The Balaban J connectivity index is 1.25. The van der Waals surface area contributed by atoms with Crippen LogP contribution in [0.15, 0.2) is 30.3 Å². The van der Waals surface area contributed by atoms with Crippen LogP contribution in [0.4, 0.5) is 10.5 Å². The van der Waals surface area contributed by atoms with Crippen molar-refractivity contribution < 1.29 is 14.3 Å². The van der Waals surface area contributed by atoms with Gasteiger partial charge in [-0.3, -0.25) is 5.32 Å². The number of rotatable bonds is 8. The van der Waals surface area contributed by atoms with Gasteiger partial charge in [0.15, 0.2) is 0 Å². The van der Waals surface area contributed by atoms with Crippen LogP contribution >= 0.6 is 0 Å². The van der Waals surface area contributed by atoms with Crippen LogP contribution in [0.3, 0.4) is 0 Å². The van der Waals surface area contributed by atoms with E-state index in [1.54, 1.807) is 0 Å². The highest BCUT2D eigenvalue weighted by Gasteiger charge is 2.61. The third kappa shape index (κ3) is 3.89. The van der Waals surface area contributed by atoms with Gasteiger partial charge in [0.25, 0.3) is 0 Å². The molecular formula is C21H32N2O3. The minimum absolute atomic E-state index is 0.316. The maximum Gasteiger partial charge on any atom is 0.411 e. The Morgan fingerprint density at radius 1 is 1.15 bits per heavy atom. The molecule has 1 aromatic rings. The highest BCUT2D eigenvalue weighted by atomic mass is 16.5. The molecule has 0 aromatic heterocycles. The second-order valence-corrected chi connectivity index (χ2v) is 8.35. The zero-order valence-corrected chi connectivity index (χ0v) is 16.2. The van der Waals surface area contributed by atoms with Gasteiger partial charge in [-0.25, -0.2) is 4.79 Å². The van der Waals surface area contributed by atoms with Crippen LogP contribution in [0.25, 0.3) is 0 Å². The predicted molar refractivity (Wildman–Crippen MR) is 103 cm³/mol. The summed E-state index contributed by atoms with van der Waals surface area (Å²) < 4.78 is 11.4. The molecule has 0 unspecified atom stereocenters. The number of benzene rings is 1. The highest BCUT2D eigenvalue weighted by Crippen LogP contribution is 2.66. The molecule has 0 aliphatic heterocycles. The minimum Gasteiger partial charge on any atom is -0.448 e. The molecule has 0 heterocycles. The van der Waals surface area contributed by atoms with Gasteiger partial charge in [-0.1, -0.05) is 39.0 Å². The molecule has 144 valence electrons. The molecule has 3 atom stereocenters. The fourth-order valence-corrected chi connectivity index (χ4v) is 4.67. The Labute approximate surface area is 156 Å². The van der Waals surface area contributed by atoms with Crippen molar-refractivity contribution >= 4 is 11.8 Å². The first-order valence-electron chi connectivity index (χ1n) is 9.74. The summed E-state index contributed by atoms with van der Waals surface area (Å²) in [4.78, 5) is 11.7. The lowest BCUT2D eigenvalue weighted by Crippen LogP contribution is -2.38. The first kappa shape index (κ1) is 19.2. The molecule has 2 fully saturated rings. The summed E-state index contributed by atoms with van der Waals surface area (Å²) in [5.74, 6) is 0.807. The molecule has 1 aromatic carbocycles. The molecular weight excluding hydrogens is 328 g/mol. The molecule has 2 N–H and O–H groups in total. The lowest BCUT2D eigenvalue weighted by molar-refractivity contribution is -0.0450. The molecule has 0 saturated heterocycles. The summed E-state index contributed by atoms with van der Waals surface area (Å²) in [5.41, 5.74) is 1.45.